The number of rotatable bonds is 4. The van der Waals surface area contributed by atoms with E-state index in [9.17, 15) is 5.11 Å². The van der Waals surface area contributed by atoms with E-state index < -0.39 is 0 Å². The van der Waals surface area contributed by atoms with Crippen molar-refractivity contribution in [2.45, 2.75) is 13.5 Å². The van der Waals surface area contributed by atoms with Gasteiger partial charge in [-0.1, -0.05) is 30.3 Å². The minimum Gasteiger partial charge on any atom is -0.508 e. The number of phenolic OH excluding ortho intramolecular Hbond substituents is 1. The molecule has 0 spiro atoms. The molecular formula is C16H16N4O. The summed E-state index contributed by atoms with van der Waals surface area (Å²) in [6.45, 7) is 2.43. The van der Waals surface area contributed by atoms with Crippen LogP contribution in [0.1, 0.15) is 11.3 Å². The van der Waals surface area contributed by atoms with Crippen LogP contribution in [0.5, 0.6) is 5.75 Å². The Hall–Kier alpha value is -2.82. The minimum absolute atomic E-state index is 0.298. The van der Waals surface area contributed by atoms with Crippen molar-refractivity contribution < 1.29 is 5.11 Å². The maximum Gasteiger partial charge on any atom is 0.118 e. The van der Waals surface area contributed by atoms with Crippen LogP contribution in [0.25, 0.3) is 11.3 Å². The summed E-state index contributed by atoms with van der Waals surface area (Å²) in [5.41, 5.74) is 4.51. The summed E-state index contributed by atoms with van der Waals surface area (Å²) in [7, 11) is 0. The third-order valence-electron chi connectivity index (χ3n) is 3.32. The average Bonchev–Trinajstić information content (AvgIpc) is 2.98. The Morgan fingerprint density at radius 2 is 1.90 bits per heavy atom. The zero-order valence-electron chi connectivity index (χ0n) is 11.7. The van der Waals surface area contributed by atoms with Crippen LogP contribution in [-0.2, 0) is 6.54 Å². The van der Waals surface area contributed by atoms with Crippen molar-refractivity contribution >= 4 is 5.69 Å². The Kier molecular flexibility index (Phi) is 3.55. The number of hydrogen-bond donors (Lipinski definition) is 3. The number of hydrogen-bond acceptors (Lipinski definition) is 4. The molecule has 0 amide bonds. The van der Waals surface area contributed by atoms with Crippen LogP contribution >= 0.6 is 0 Å². The van der Waals surface area contributed by atoms with Gasteiger partial charge in [0.1, 0.15) is 17.1 Å². The van der Waals surface area contributed by atoms with E-state index in [2.05, 4.69) is 20.7 Å². The minimum atomic E-state index is 0.298. The van der Waals surface area contributed by atoms with Gasteiger partial charge in [0.2, 0.25) is 0 Å². The van der Waals surface area contributed by atoms with Gasteiger partial charge in [0.25, 0.3) is 0 Å². The average molecular weight is 280 g/mol. The van der Waals surface area contributed by atoms with E-state index in [-0.39, 0.29) is 0 Å². The molecule has 0 aliphatic heterocycles. The first-order valence-corrected chi connectivity index (χ1v) is 6.72. The molecule has 0 radical (unpaired) electrons. The zero-order chi connectivity index (χ0) is 14.7. The molecule has 106 valence electrons. The van der Waals surface area contributed by atoms with E-state index in [0.29, 0.717) is 12.3 Å². The summed E-state index contributed by atoms with van der Waals surface area (Å²) in [6.07, 6.45) is 0. The SMILES string of the molecule is Cc1cc(NCc2n[nH]nc2-c2ccccc2)ccc1O. The Bertz CT molecular complexity index is 737. The standard InChI is InChI=1S/C16H16N4O/c1-11-9-13(7-8-15(11)21)17-10-14-16(19-20-18-14)12-5-3-2-4-6-12/h2-9,17,21H,10H2,1H3,(H,18,19,20). The maximum absolute atomic E-state index is 9.53. The number of nitrogens with one attached hydrogen (secondary N) is 2. The van der Waals surface area contributed by atoms with Crippen LogP contribution < -0.4 is 5.32 Å². The number of anilines is 1. The van der Waals surface area contributed by atoms with Gasteiger partial charge >= 0.3 is 0 Å². The molecule has 5 heteroatoms. The molecule has 3 N–H and O–H groups in total. The predicted molar refractivity (Wildman–Crippen MR) is 82.0 cm³/mol. The lowest BCUT2D eigenvalue weighted by Crippen LogP contribution is -2.01. The molecule has 0 bridgehead atoms. The van der Waals surface area contributed by atoms with Crippen LogP contribution in [0.3, 0.4) is 0 Å². The zero-order valence-corrected chi connectivity index (χ0v) is 11.7. The number of aromatic nitrogens is 3. The van der Waals surface area contributed by atoms with Crippen molar-refractivity contribution in [2.75, 3.05) is 5.32 Å². The molecule has 1 heterocycles. The van der Waals surface area contributed by atoms with Gasteiger partial charge in [0.05, 0.1) is 6.54 Å². The van der Waals surface area contributed by atoms with Gasteiger partial charge < -0.3 is 10.4 Å². The highest BCUT2D eigenvalue weighted by molar-refractivity contribution is 5.61. The van der Waals surface area contributed by atoms with Gasteiger partial charge in [-0.05, 0) is 30.7 Å². The number of aromatic hydroxyl groups is 1. The van der Waals surface area contributed by atoms with Gasteiger partial charge in [-0.25, -0.2) is 0 Å². The first kappa shape index (κ1) is 13.2. The Morgan fingerprint density at radius 1 is 1.10 bits per heavy atom. The molecule has 21 heavy (non-hydrogen) atoms. The fourth-order valence-electron chi connectivity index (χ4n) is 2.15. The highest BCUT2D eigenvalue weighted by Gasteiger charge is 2.09. The second-order valence-electron chi connectivity index (χ2n) is 4.84. The molecule has 3 rings (SSSR count). The van der Waals surface area contributed by atoms with Gasteiger partial charge in [-0.2, -0.15) is 15.4 Å². The van der Waals surface area contributed by atoms with Crippen LogP contribution in [0.15, 0.2) is 48.5 Å². The summed E-state index contributed by atoms with van der Waals surface area (Å²) >= 11 is 0. The fraction of sp³-hybridized carbons (Fsp3) is 0.125. The molecule has 0 saturated carbocycles. The number of aromatic amines is 1. The molecule has 0 saturated heterocycles. The Morgan fingerprint density at radius 3 is 2.67 bits per heavy atom. The van der Waals surface area contributed by atoms with E-state index >= 15 is 0 Å². The highest BCUT2D eigenvalue weighted by Crippen LogP contribution is 2.22. The van der Waals surface area contributed by atoms with E-state index in [1.54, 1.807) is 6.07 Å². The second-order valence-corrected chi connectivity index (χ2v) is 4.84. The summed E-state index contributed by atoms with van der Waals surface area (Å²) in [6, 6.07) is 15.4. The molecular weight excluding hydrogens is 264 g/mol. The first-order chi connectivity index (χ1) is 10.2. The lowest BCUT2D eigenvalue weighted by molar-refractivity contribution is 0.471. The quantitative estimate of drug-likeness (QED) is 0.642. The number of nitrogens with zero attached hydrogens (tertiary/aromatic N) is 2. The molecule has 0 aliphatic rings. The molecule has 3 aromatic rings. The summed E-state index contributed by atoms with van der Waals surface area (Å²) in [4.78, 5) is 0. The van der Waals surface area contributed by atoms with E-state index in [1.165, 1.54) is 0 Å². The number of H-pyrrole nitrogens is 1. The summed E-state index contributed by atoms with van der Waals surface area (Å²) in [5, 5.41) is 23.9. The molecule has 0 atom stereocenters. The van der Waals surface area contributed by atoms with Gasteiger partial charge in [0, 0.05) is 11.3 Å². The molecule has 0 aliphatic carbocycles. The maximum atomic E-state index is 9.53. The molecule has 1 aromatic heterocycles. The summed E-state index contributed by atoms with van der Waals surface area (Å²) < 4.78 is 0. The number of phenols is 1. The largest absolute Gasteiger partial charge is 0.508 e. The topological polar surface area (TPSA) is 73.8 Å². The first-order valence-electron chi connectivity index (χ1n) is 6.72. The van der Waals surface area contributed by atoms with E-state index in [1.807, 2.05) is 49.4 Å². The van der Waals surface area contributed by atoms with Crippen molar-refractivity contribution in [3.63, 3.8) is 0 Å². The van der Waals surface area contributed by atoms with E-state index in [4.69, 9.17) is 0 Å². The van der Waals surface area contributed by atoms with Crippen molar-refractivity contribution in [3.05, 3.63) is 59.8 Å². The van der Waals surface area contributed by atoms with Crippen molar-refractivity contribution in [2.24, 2.45) is 0 Å². The Labute approximate surface area is 122 Å². The predicted octanol–water partition coefficient (Wildman–Crippen LogP) is 3.10. The van der Waals surface area contributed by atoms with Crippen molar-refractivity contribution in [1.29, 1.82) is 0 Å². The fourth-order valence-corrected chi connectivity index (χ4v) is 2.15. The third-order valence-corrected chi connectivity index (χ3v) is 3.32. The molecule has 5 nitrogen and oxygen atoms in total. The lowest BCUT2D eigenvalue weighted by atomic mass is 10.1. The van der Waals surface area contributed by atoms with Gasteiger partial charge in [-0.3, -0.25) is 0 Å². The van der Waals surface area contributed by atoms with Crippen LogP contribution in [0, 0.1) is 6.92 Å². The normalized spacial score (nSPS) is 10.5. The number of aryl methyl sites for hydroxylation is 1. The van der Waals surface area contributed by atoms with Crippen molar-refractivity contribution in [1.82, 2.24) is 15.4 Å². The van der Waals surface area contributed by atoms with Gasteiger partial charge in [0.15, 0.2) is 0 Å². The smallest absolute Gasteiger partial charge is 0.118 e. The van der Waals surface area contributed by atoms with Crippen LogP contribution in [0.2, 0.25) is 0 Å². The van der Waals surface area contributed by atoms with Crippen LogP contribution in [0.4, 0.5) is 5.69 Å². The van der Waals surface area contributed by atoms with E-state index in [0.717, 1.165) is 28.2 Å². The lowest BCUT2D eigenvalue weighted by Gasteiger charge is -2.07. The van der Waals surface area contributed by atoms with Crippen molar-refractivity contribution in [3.8, 4) is 17.0 Å². The monoisotopic (exact) mass is 280 g/mol. The molecule has 0 fully saturated rings. The summed E-state index contributed by atoms with van der Waals surface area (Å²) in [5.74, 6) is 0.298. The number of benzene rings is 2. The molecule has 0 unspecified atom stereocenters. The third kappa shape index (κ3) is 2.86. The van der Waals surface area contributed by atoms with Crippen LogP contribution in [-0.4, -0.2) is 20.5 Å². The Balaban J connectivity index is 1.77. The molecule has 2 aromatic carbocycles. The van der Waals surface area contributed by atoms with Gasteiger partial charge in [-0.15, -0.1) is 0 Å². The second kappa shape index (κ2) is 5.66. The highest BCUT2D eigenvalue weighted by atomic mass is 16.3.